The molecule has 0 amide bonds. The molecule has 2 N–H and O–H groups in total. The first-order chi connectivity index (χ1) is 7.50. The molecule has 0 saturated carbocycles. The van der Waals surface area contributed by atoms with E-state index >= 15 is 0 Å². The van der Waals surface area contributed by atoms with E-state index in [0.717, 1.165) is 17.2 Å². The zero-order valence-electron chi connectivity index (χ0n) is 10.1. The summed E-state index contributed by atoms with van der Waals surface area (Å²) in [6.45, 7) is 6.13. The van der Waals surface area contributed by atoms with Gasteiger partial charge < -0.3 is 5.73 Å². The average Bonchev–Trinajstić information content (AvgIpc) is 2.74. The maximum Gasteiger partial charge on any atom is 0.175 e. The lowest BCUT2D eigenvalue weighted by Crippen LogP contribution is -2.06. The standard InChI is InChI=1S/C11H17N5/c1-7(2)9-5-6-16(14-9)11-10(12)8(3)13-15(11)4/h5-7H,12H2,1-4H3. The molecular formula is C11H17N5. The fourth-order valence-corrected chi connectivity index (χ4v) is 1.70. The van der Waals surface area contributed by atoms with Crippen LogP contribution in [0.5, 0.6) is 0 Å². The maximum absolute atomic E-state index is 5.98. The Labute approximate surface area is 94.9 Å². The van der Waals surface area contributed by atoms with Crippen molar-refractivity contribution in [2.45, 2.75) is 26.7 Å². The molecule has 0 saturated heterocycles. The van der Waals surface area contributed by atoms with Crippen LogP contribution in [0.1, 0.15) is 31.2 Å². The molecule has 0 radical (unpaired) electrons. The highest BCUT2D eigenvalue weighted by atomic mass is 15.4. The molecule has 0 fully saturated rings. The van der Waals surface area contributed by atoms with Crippen LogP contribution in [0.2, 0.25) is 0 Å². The Balaban J connectivity index is 2.50. The number of aromatic nitrogens is 4. The molecule has 0 bridgehead atoms. The smallest absolute Gasteiger partial charge is 0.175 e. The van der Waals surface area contributed by atoms with E-state index in [-0.39, 0.29) is 0 Å². The van der Waals surface area contributed by atoms with Crippen molar-refractivity contribution < 1.29 is 0 Å². The number of rotatable bonds is 2. The Morgan fingerprint density at radius 3 is 2.44 bits per heavy atom. The Morgan fingerprint density at radius 2 is 2.00 bits per heavy atom. The average molecular weight is 219 g/mol. The summed E-state index contributed by atoms with van der Waals surface area (Å²) in [4.78, 5) is 0. The minimum absolute atomic E-state index is 0.414. The normalized spacial score (nSPS) is 11.3. The second-order valence-electron chi connectivity index (χ2n) is 4.29. The highest BCUT2D eigenvalue weighted by molar-refractivity contribution is 5.56. The second kappa shape index (κ2) is 3.66. The first kappa shape index (κ1) is 10.7. The monoisotopic (exact) mass is 219 g/mol. The fourth-order valence-electron chi connectivity index (χ4n) is 1.70. The van der Waals surface area contributed by atoms with Crippen LogP contribution in [-0.2, 0) is 7.05 Å². The van der Waals surface area contributed by atoms with Gasteiger partial charge in [0.15, 0.2) is 5.82 Å². The van der Waals surface area contributed by atoms with E-state index in [4.69, 9.17) is 5.73 Å². The Morgan fingerprint density at radius 1 is 1.31 bits per heavy atom. The molecule has 0 unspecified atom stereocenters. The third-order valence-electron chi connectivity index (χ3n) is 2.66. The summed E-state index contributed by atoms with van der Waals surface area (Å²) >= 11 is 0. The molecule has 16 heavy (non-hydrogen) atoms. The van der Waals surface area contributed by atoms with E-state index in [1.165, 1.54) is 0 Å². The van der Waals surface area contributed by atoms with E-state index < -0.39 is 0 Å². The number of aryl methyl sites for hydroxylation is 2. The zero-order valence-corrected chi connectivity index (χ0v) is 10.1. The topological polar surface area (TPSA) is 61.7 Å². The van der Waals surface area contributed by atoms with Crippen molar-refractivity contribution in [1.29, 1.82) is 0 Å². The Kier molecular flexibility index (Phi) is 2.46. The van der Waals surface area contributed by atoms with Crippen molar-refractivity contribution in [3.63, 3.8) is 0 Å². The van der Waals surface area contributed by atoms with Gasteiger partial charge in [0.2, 0.25) is 0 Å². The highest BCUT2D eigenvalue weighted by Gasteiger charge is 2.13. The van der Waals surface area contributed by atoms with Gasteiger partial charge >= 0.3 is 0 Å². The van der Waals surface area contributed by atoms with Crippen LogP contribution < -0.4 is 5.73 Å². The number of anilines is 1. The Hall–Kier alpha value is -1.78. The van der Waals surface area contributed by atoms with Gasteiger partial charge in [-0.2, -0.15) is 10.2 Å². The molecule has 0 aliphatic rings. The lowest BCUT2D eigenvalue weighted by atomic mass is 10.1. The first-order valence-corrected chi connectivity index (χ1v) is 5.35. The van der Waals surface area contributed by atoms with Crippen molar-refractivity contribution in [2.24, 2.45) is 7.05 Å². The summed E-state index contributed by atoms with van der Waals surface area (Å²) in [5.74, 6) is 1.24. The number of nitrogens with two attached hydrogens (primary N) is 1. The van der Waals surface area contributed by atoms with Gasteiger partial charge in [-0.3, -0.25) is 0 Å². The minimum Gasteiger partial charge on any atom is -0.394 e. The van der Waals surface area contributed by atoms with Gasteiger partial charge in [0.25, 0.3) is 0 Å². The van der Waals surface area contributed by atoms with Crippen LogP contribution >= 0.6 is 0 Å². The maximum atomic E-state index is 5.98. The zero-order chi connectivity index (χ0) is 11.9. The van der Waals surface area contributed by atoms with E-state index in [2.05, 4.69) is 24.0 Å². The molecule has 0 aliphatic heterocycles. The third-order valence-corrected chi connectivity index (χ3v) is 2.66. The van der Waals surface area contributed by atoms with E-state index in [1.807, 2.05) is 26.2 Å². The molecule has 0 aromatic carbocycles. The van der Waals surface area contributed by atoms with E-state index in [1.54, 1.807) is 9.36 Å². The number of nitrogen functional groups attached to an aromatic ring is 1. The van der Waals surface area contributed by atoms with E-state index in [0.29, 0.717) is 11.6 Å². The molecule has 0 atom stereocenters. The molecule has 0 spiro atoms. The molecule has 2 heterocycles. The predicted molar refractivity (Wildman–Crippen MR) is 63.6 cm³/mol. The summed E-state index contributed by atoms with van der Waals surface area (Å²) in [6, 6.07) is 2.01. The summed E-state index contributed by atoms with van der Waals surface area (Å²) in [7, 11) is 1.87. The summed E-state index contributed by atoms with van der Waals surface area (Å²) in [6.07, 6.45) is 1.92. The third kappa shape index (κ3) is 1.58. The van der Waals surface area contributed by atoms with Crippen molar-refractivity contribution in [3.05, 3.63) is 23.7 Å². The van der Waals surface area contributed by atoms with Gasteiger partial charge in [0.05, 0.1) is 17.1 Å². The van der Waals surface area contributed by atoms with Crippen molar-refractivity contribution in [1.82, 2.24) is 19.6 Å². The largest absolute Gasteiger partial charge is 0.394 e. The summed E-state index contributed by atoms with van der Waals surface area (Å²) < 4.78 is 3.53. The number of hydrogen-bond donors (Lipinski definition) is 1. The predicted octanol–water partition coefficient (Wildman–Crippen LogP) is 1.62. The first-order valence-electron chi connectivity index (χ1n) is 5.35. The van der Waals surface area contributed by atoms with Crippen LogP contribution in [-0.4, -0.2) is 19.6 Å². The summed E-state index contributed by atoms with van der Waals surface area (Å²) in [5.41, 5.74) is 8.54. The number of nitrogens with zero attached hydrogens (tertiary/aromatic N) is 4. The number of hydrogen-bond acceptors (Lipinski definition) is 3. The molecule has 5 nitrogen and oxygen atoms in total. The summed E-state index contributed by atoms with van der Waals surface area (Å²) in [5, 5.41) is 8.76. The van der Waals surface area contributed by atoms with Crippen LogP contribution in [0, 0.1) is 6.92 Å². The molecule has 86 valence electrons. The molecule has 2 aromatic rings. The SMILES string of the molecule is Cc1nn(C)c(-n2ccc(C(C)C)n2)c1N. The van der Waals surface area contributed by atoms with Crippen LogP contribution in [0.3, 0.4) is 0 Å². The molecular weight excluding hydrogens is 202 g/mol. The lowest BCUT2D eigenvalue weighted by Gasteiger charge is -2.03. The quantitative estimate of drug-likeness (QED) is 0.834. The van der Waals surface area contributed by atoms with Crippen LogP contribution in [0.25, 0.3) is 5.82 Å². The minimum atomic E-state index is 0.414. The van der Waals surface area contributed by atoms with Crippen LogP contribution in [0.4, 0.5) is 5.69 Å². The molecule has 5 heteroatoms. The van der Waals surface area contributed by atoms with Gasteiger partial charge in [0, 0.05) is 13.2 Å². The van der Waals surface area contributed by atoms with Crippen LogP contribution in [0.15, 0.2) is 12.3 Å². The lowest BCUT2D eigenvalue weighted by molar-refractivity contribution is 0.680. The van der Waals surface area contributed by atoms with Gasteiger partial charge in [-0.15, -0.1) is 0 Å². The molecule has 0 aliphatic carbocycles. The van der Waals surface area contributed by atoms with Crippen molar-refractivity contribution >= 4 is 5.69 Å². The van der Waals surface area contributed by atoms with Gasteiger partial charge in [-0.1, -0.05) is 13.8 Å². The molecule has 2 rings (SSSR count). The van der Waals surface area contributed by atoms with Gasteiger partial charge in [-0.25, -0.2) is 9.36 Å². The second-order valence-corrected chi connectivity index (χ2v) is 4.29. The van der Waals surface area contributed by atoms with Crippen molar-refractivity contribution in [2.75, 3.05) is 5.73 Å². The fraction of sp³-hybridized carbons (Fsp3) is 0.455. The molecule has 2 aromatic heterocycles. The Bertz CT molecular complexity index is 506. The van der Waals surface area contributed by atoms with Crippen molar-refractivity contribution in [3.8, 4) is 5.82 Å². The highest BCUT2D eigenvalue weighted by Crippen LogP contribution is 2.20. The van der Waals surface area contributed by atoms with E-state index in [9.17, 15) is 0 Å². The van der Waals surface area contributed by atoms with Gasteiger partial charge in [-0.05, 0) is 18.9 Å². The van der Waals surface area contributed by atoms with Gasteiger partial charge in [0.1, 0.15) is 0 Å².